The van der Waals surface area contributed by atoms with Crippen LogP contribution in [0, 0.1) is 0 Å². The topological polar surface area (TPSA) is 43.8 Å². The van der Waals surface area contributed by atoms with E-state index < -0.39 is 0 Å². The SMILES string of the molecule is CCCCSCCn1cc(N)cn1. The fraction of sp³-hybridized carbons (Fsp3) is 0.667. The zero-order valence-electron chi connectivity index (χ0n) is 8.07. The summed E-state index contributed by atoms with van der Waals surface area (Å²) in [6.45, 7) is 3.18. The monoisotopic (exact) mass is 199 g/mol. The second-order valence-electron chi connectivity index (χ2n) is 3.00. The number of anilines is 1. The number of aryl methyl sites for hydroxylation is 1. The molecule has 0 amide bonds. The Morgan fingerprint density at radius 2 is 2.38 bits per heavy atom. The standard InChI is InChI=1S/C9H17N3S/c1-2-3-5-13-6-4-12-8-9(10)7-11-12/h7-8H,2-6,10H2,1H3. The van der Waals surface area contributed by atoms with Gasteiger partial charge in [-0.3, -0.25) is 4.68 Å². The van der Waals surface area contributed by atoms with Crippen LogP contribution in [0.1, 0.15) is 19.8 Å². The Morgan fingerprint density at radius 3 is 3.00 bits per heavy atom. The highest BCUT2D eigenvalue weighted by atomic mass is 32.2. The summed E-state index contributed by atoms with van der Waals surface area (Å²) < 4.78 is 1.90. The van der Waals surface area contributed by atoms with Crippen LogP contribution in [-0.4, -0.2) is 21.3 Å². The number of rotatable bonds is 6. The normalized spacial score (nSPS) is 10.5. The largest absolute Gasteiger partial charge is 0.396 e. The average Bonchev–Trinajstić information content (AvgIpc) is 2.51. The lowest BCUT2D eigenvalue weighted by Crippen LogP contribution is -2.01. The van der Waals surface area contributed by atoms with Crippen LogP contribution in [0.2, 0.25) is 0 Å². The number of unbranched alkanes of at least 4 members (excludes halogenated alkanes) is 1. The summed E-state index contributed by atoms with van der Waals surface area (Å²) in [6, 6.07) is 0. The van der Waals surface area contributed by atoms with E-state index in [0.29, 0.717) is 0 Å². The minimum absolute atomic E-state index is 0.749. The van der Waals surface area contributed by atoms with Crippen molar-refractivity contribution in [2.45, 2.75) is 26.3 Å². The number of thioether (sulfide) groups is 1. The van der Waals surface area contributed by atoms with Crippen LogP contribution in [0.25, 0.3) is 0 Å². The Balaban J connectivity index is 2.06. The van der Waals surface area contributed by atoms with Crippen LogP contribution < -0.4 is 5.73 Å². The van der Waals surface area contributed by atoms with E-state index >= 15 is 0 Å². The van der Waals surface area contributed by atoms with Gasteiger partial charge in [0.2, 0.25) is 0 Å². The van der Waals surface area contributed by atoms with E-state index in [1.165, 1.54) is 18.6 Å². The van der Waals surface area contributed by atoms with E-state index in [0.717, 1.165) is 18.0 Å². The zero-order chi connectivity index (χ0) is 9.52. The third-order valence-electron chi connectivity index (χ3n) is 1.76. The molecule has 4 heteroatoms. The van der Waals surface area contributed by atoms with E-state index in [1.807, 2.05) is 22.6 Å². The van der Waals surface area contributed by atoms with Crippen LogP contribution in [0.4, 0.5) is 5.69 Å². The highest BCUT2D eigenvalue weighted by molar-refractivity contribution is 7.99. The molecule has 0 aromatic carbocycles. The van der Waals surface area contributed by atoms with Crippen LogP contribution in [0.5, 0.6) is 0 Å². The van der Waals surface area contributed by atoms with Gasteiger partial charge in [0.1, 0.15) is 0 Å². The second-order valence-corrected chi connectivity index (χ2v) is 4.23. The molecule has 13 heavy (non-hydrogen) atoms. The maximum atomic E-state index is 5.54. The van der Waals surface area contributed by atoms with Gasteiger partial charge < -0.3 is 5.73 Å². The first-order valence-corrected chi connectivity index (χ1v) is 5.84. The predicted octanol–water partition coefficient (Wildman–Crippen LogP) is 2.00. The van der Waals surface area contributed by atoms with E-state index in [4.69, 9.17) is 5.73 Å². The van der Waals surface area contributed by atoms with Crippen molar-refractivity contribution >= 4 is 17.4 Å². The van der Waals surface area contributed by atoms with Crippen molar-refractivity contribution in [3.63, 3.8) is 0 Å². The zero-order valence-corrected chi connectivity index (χ0v) is 8.89. The molecule has 0 aliphatic heterocycles. The first kappa shape index (κ1) is 10.4. The molecule has 0 radical (unpaired) electrons. The summed E-state index contributed by atoms with van der Waals surface area (Å²) in [7, 11) is 0. The molecule has 2 N–H and O–H groups in total. The number of hydrogen-bond donors (Lipinski definition) is 1. The highest BCUT2D eigenvalue weighted by Gasteiger charge is 1.94. The van der Waals surface area contributed by atoms with Gasteiger partial charge in [-0.05, 0) is 12.2 Å². The Hall–Kier alpha value is -0.640. The molecule has 1 aromatic rings. The highest BCUT2D eigenvalue weighted by Crippen LogP contribution is 2.06. The minimum Gasteiger partial charge on any atom is -0.396 e. The third-order valence-corrected chi connectivity index (χ3v) is 2.81. The summed E-state index contributed by atoms with van der Waals surface area (Å²) in [5, 5.41) is 4.11. The van der Waals surface area contributed by atoms with Gasteiger partial charge in [-0.15, -0.1) is 0 Å². The summed E-state index contributed by atoms with van der Waals surface area (Å²) in [5.74, 6) is 2.38. The van der Waals surface area contributed by atoms with Gasteiger partial charge in [-0.25, -0.2) is 0 Å². The number of nitrogen functional groups attached to an aromatic ring is 1. The molecule has 0 spiro atoms. The lowest BCUT2D eigenvalue weighted by molar-refractivity contribution is 0.666. The quantitative estimate of drug-likeness (QED) is 0.713. The summed E-state index contributed by atoms with van der Waals surface area (Å²) in [6.07, 6.45) is 6.16. The molecule has 0 aliphatic carbocycles. The Labute approximate surface area is 83.7 Å². The van der Waals surface area contributed by atoms with Crippen LogP contribution in [-0.2, 0) is 6.54 Å². The number of nitrogens with two attached hydrogens (primary N) is 1. The van der Waals surface area contributed by atoms with Crippen LogP contribution in [0.3, 0.4) is 0 Å². The smallest absolute Gasteiger partial charge is 0.0719 e. The average molecular weight is 199 g/mol. The first-order valence-electron chi connectivity index (χ1n) is 4.68. The van der Waals surface area contributed by atoms with E-state index in [-0.39, 0.29) is 0 Å². The van der Waals surface area contributed by atoms with Crippen molar-refractivity contribution in [3.05, 3.63) is 12.4 Å². The maximum absolute atomic E-state index is 5.54. The number of aromatic nitrogens is 2. The summed E-state index contributed by atoms with van der Waals surface area (Å²) in [5.41, 5.74) is 6.29. The van der Waals surface area contributed by atoms with E-state index in [9.17, 15) is 0 Å². The van der Waals surface area contributed by atoms with Gasteiger partial charge in [0.05, 0.1) is 18.4 Å². The summed E-state index contributed by atoms with van der Waals surface area (Å²) >= 11 is 1.98. The fourth-order valence-electron chi connectivity index (χ4n) is 1.01. The van der Waals surface area contributed by atoms with Gasteiger partial charge in [0.25, 0.3) is 0 Å². The van der Waals surface area contributed by atoms with E-state index in [2.05, 4.69) is 12.0 Å². The Kier molecular flexibility index (Phi) is 4.75. The Morgan fingerprint density at radius 1 is 1.54 bits per heavy atom. The third kappa shape index (κ3) is 4.22. The molecule has 0 bridgehead atoms. The summed E-state index contributed by atoms with van der Waals surface area (Å²) in [4.78, 5) is 0. The molecular weight excluding hydrogens is 182 g/mol. The van der Waals surface area contributed by atoms with Crippen molar-refractivity contribution in [1.29, 1.82) is 0 Å². The molecule has 0 aliphatic rings. The van der Waals surface area contributed by atoms with Crippen molar-refractivity contribution in [2.24, 2.45) is 0 Å². The minimum atomic E-state index is 0.749. The van der Waals surface area contributed by atoms with Crippen molar-refractivity contribution in [3.8, 4) is 0 Å². The fourth-order valence-corrected chi connectivity index (χ4v) is 2.02. The molecule has 74 valence electrons. The van der Waals surface area contributed by atoms with Gasteiger partial charge in [0, 0.05) is 11.9 Å². The van der Waals surface area contributed by atoms with Crippen molar-refractivity contribution in [1.82, 2.24) is 9.78 Å². The van der Waals surface area contributed by atoms with Gasteiger partial charge in [0.15, 0.2) is 0 Å². The number of hydrogen-bond acceptors (Lipinski definition) is 3. The molecule has 3 nitrogen and oxygen atoms in total. The molecule has 0 saturated carbocycles. The number of nitrogens with zero attached hydrogens (tertiary/aromatic N) is 2. The van der Waals surface area contributed by atoms with Gasteiger partial charge >= 0.3 is 0 Å². The van der Waals surface area contributed by atoms with E-state index in [1.54, 1.807) is 6.20 Å². The van der Waals surface area contributed by atoms with Crippen LogP contribution >= 0.6 is 11.8 Å². The Bertz CT molecular complexity index is 235. The molecule has 1 heterocycles. The molecule has 1 aromatic heterocycles. The molecule has 0 saturated heterocycles. The van der Waals surface area contributed by atoms with Crippen molar-refractivity contribution in [2.75, 3.05) is 17.2 Å². The molecular formula is C9H17N3S. The molecule has 1 rings (SSSR count). The van der Waals surface area contributed by atoms with Crippen molar-refractivity contribution < 1.29 is 0 Å². The lowest BCUT2D eigenvalue weighted by Gasteiger charge is -2.00. The van der Waals surface area contributed by atoms with Gasteiger partial charge in [-0.1, -0.05) is 13.3 Å². The lowest BCUT2D eigenvalue weighted by atomic mass is 10.4. The maximum Gasteiger partial charge on any atom is 0.0719 e. The first-order chi connectivity index (χ1) is 6.33. The predicted molar refractivity (Wildman–Crippen MR) is 58.9 cm³/mol. The van der Waals surface area contributed by atoms with Crippen LogP contribution in [0.15, 0.2) is 12.4 Å². The van der Waals surface area contributed by atoms with Gasteiger partial charge in [-0.2, -0.15) is 16.9 Å². The molecule has 0 fully saturated rings. The molecule has 0 unspecified atom stereocenters. The molecule has 0 atom stereocenters. The second kappa shape index (κ2) is 5.91.